The molecule has 0 fully saturated rings. The van der Waals surface area contributed by atoms with Crippen molar-refractivity contribution < 1.29 is 13.6 Å². The second-order valence-electron chi connectivity index (χ2n) is 4.31. The Hall–Kier alpha value is -1.77. The van der Waals surface area contributed by atoms with E-state index in [-0.39, 0.29) is 23.6 Å². The molecule has 0 spiro atoms. The molecule has 0 radical (unpaired) electrons. The number of nitrogens with zero attached hydrogens (tertiary/aromatic N) is 2. The van der Waals surface area contributed by atoms with E-state index >= 15 is 0 Å². The lowest BCUT2D eigenvalue weighted by atomic mass is 10.4. The first-order valence-electron chi connectivity index (χ1n) is 6.37. The van der Waals surface area contributed by atoms with E-state index in [1.54, 1.807) is 24.3 Å². The van der Waals surface area contributed by atoms with Crippen LogP contribution in [-0.4, -0.2) is 21.9 Å². The molecule has 2 aromatic heterocycles. The van der Waals surface area contributed by atoms with Crippen molar-refractivity contribution in [2.45, 2.75) is 4.90 Å². The van der Waals surface area contributed by atoms with Crippen molar-refractivity contribution in [2.24, 2.45) is 0 Å². The van der Waals surface area contributed by atoms with E-state index in [0.29, 0.717) is 15.5 Å². The van der Waals surface area contributed by atoms with Crippen molar-refractivity contribution in [3.05, 3.63) is 46.1 Å². The quantitative estimate of drug-likeness (QED) is 0.620. The van der Waals surface area contributed by atoms with Crippen molar-refractivity contribution in [1.82, 2.24) is 10.2 Å². The number of carbonyl (C=O) groups excluding carboxylic acids is 1. The van der Waals surface area contributed by atoms with Crippen LogP contribution in [0.1, 0.15) is 0 Å². The summed E-state index contributed by atoms with van der Waals surface area (Å²) in [5.41, 5.74) is 0. The largest absolute Gasteiger partial charge is 0.444 e. The predicted molar refractivity (Wildman–Crippen MR) is 90.5 cm³/mol. The van der Waals surface area contributed by atoms with Crippen molar-refractivity contribution in [2.75, 3.05) is 11.1 Å². The van der Waals surface area contributed by atoms with Gasteiger partial charge in [0.25, 0.3) is 5.89 Å². The van der Waals surface area contributed by atoms with Gasteiger partial charge in [-0.3, -0.25) is 10.1 Å². The second-order valence-corrected chi connectivity index (χ2v) is 6.57. The third-order valence-electron chi connectivity index (χ3n) is 2.64. The van der Waals surface area contributed by atoms with Crippen LogP contribution in [0.25, 0.3) is 11.7 Å². The molecule has 0 atom stereocenters. The van der Waals surface area contributed by atoms with E-state index in [9.17, 15) is 4.79 Å². The SMILES string of the molecule is O=C(CSc1ccc(Cl)cc1)Nc1nnc(-c2ccc(Br)o2)o1. The molecule has 0 saturated carbocycles. The molecular formula is C14H9BrClN3O3S. The van der Waals surface area contributed by atoms with Crippen molar-refractivity contribution in [1.29, 1.82) is 0 Å². The second kappa shape index (κ2) is 7.20. The average Bonchev–Trinajstić information content (AvgIpc) is 3.16. The zero-order chi connectivity index (χ0) is 16.2. The van der Waals surface area contributed by atoms with Gasteiger partial charge in [0.1, 0.15) is 0 Å². The van der Waals surface area contributed by atoms with Gasteiger partial charge in [0.15, 0.2) is 10.4 Å². The fraction of sp³-hybridized carbons (Fsp3) is 0.0714. The van der Waals surface area contributed by atoms with Crippen molar-refractivity contribution >= 4 is 51.2 Å². The van der Waals surface area contributed by atoms with Gasteiger partial charge in [0, 0.05) is 9.92 Å². The van der Waals surface area contributed by atoms with E-state index in [0.717, 1.165) is 4.90 Å². The molecule has 1 N–H and O–H groups in total. The van der Waals surface area contributed by atoms with Gasteiger partial charge >= 0.3 is 6.01 Å². The molecule has 118 valence electrons. The summed E-state index contributed by atoms with van der Waals surface area (Å²) in [6, 6.07) is 10.6. The summed E-state index contributed by atoms with van der Waals surface area (Å²) in [5.74, 6) is 0.573. The number of halogens is 2. The molecule has 3 rings (SSSR count). The molecule has 0 bridgehead atoms. The smallest absolute Gasteiger partial charge is 0.322 e. The van der Waals surface area contributed by atoms with Crippen LogP contribution in [0.5, 0.6) is 0 Å². The van der Waals surface area contributed by atoms with Crippen LogP contribution >= 0.6 is 39.3 Å². The highest BCUT2D eigenvalue weighted by Gasteiger charge is 2.14. The molecule has 0 aliphatic rings. The van der Waals surface area contributed by atoms with Crippen LogP contribution in [0.4, 0.5) is 6.01 Å². The molecule has 0 aliphatic heterocycles. The van der Waals surface area contributed by atoms with Crippen LogP contribution in [0, 0.1) is 0 Å². The number of aromatic nitrogens is 2. The molecule has 23 heavy (non-hydrogen) atoms. The van der Waals surface area contributed by atoms with E-state index < -0.39 is 0 Å². The average molecular weight is 415 g/mol. The van der Waals surface area contributed by atoms with E-state index in [1.165, 1.54) is 11.8 Å². The first-order chi connectivity index (χ1) is 11.1. The third kappa shape index (κ3) is 4.37. The van der Waals surface area contributed by atoms with E-state index in [2.05, 4.69) is 31.4 Å². The first kappa shape index (κ1) is 16.1. The number of amides is 1. The molecule has 1 amide bonds. The molecule has 9 heteroatoms. The normalized spacial score (nSPS) is 10.7. The fourth-order valence-corrected chi connectivity index (χ4v) is 2.77. The lowest BCUT2D eigenvalue weighted by Crippen LogP contribution is -2.14. The minimum atomic E-state index is -0.249. The monoisotopic (exact) mass is 413 g/mol. The molecule has 0 aliphatic carbocycles. The number of furan rings is 1. The Balaban J connectivity index is 1.56. The lowest BCUT2D eigenvalue weighted by molar-refractivity contribution is -0.113. The van der Waals surface area contributed by atoms with E-state index in [1.807, 2.05) is 12.1 Å². The van der Waals surface area contributed by atoms with Gasteiger partial charge in [-0.25, -0.2) is 0 Å². The standard InChI is InChI=1S/C14H9BrClN3O3S/c15-11-6-5-10(21-11)13-18-19-14(22-13)17-12(20)7-23-9-3-1-8(16)2-4-9/h1-6H,7H2,(H,17,19,20). The Kier molecular flexibility index (Phi) is 5.04. The van der Waals surface area contributed by atoms with Crippen LogP contribution in [-0.2, 0) is 4.79 Å². The lowest BCUT2D eigenvalue weighted by Gasteiger charge is -2.01. The minimum absolute atomic E-state index is 0.0224. The number of benzene rings is 1. The number of thioether (sulfide) groups is 1. The van der Waals surface area contributed by atoms with Crippen LogP contribution in [0.15, 0.2) is 54.8 Å². The van der Waals surface area contributed by atoms with E-state index in [4.69, 9.17) is 20.4 Å². The van der Waals surface area contributed by atoms with Crippen LogP contribution in [0.3, 0.4) is 0 Å². The van der Waals surface area contributed by atoms with Gasteiger partial charge in [-0.05, 0) is 52.3 Å². The number of carbonyl (C=O) groups is 1. The maximum atomic E-state index is 11.9. The van der Waals surface area contributed by atoms with Gasteiger partial charge in [0.05, 0.1) is 5.75 Å². The summed E-state index contributed by atoms with van der Waals surface area (Å²) in [4.78, 5) is 12.8. The number of rotatable bonds is 5. The van der Waals surface area contributed by atoms with Crippen molar-refractivity contribution in [3.8, 4) is 11.7 Å². The molecule has 2 heterocycles. The maximum Gasteiger partial charge on any atom is 0.322 e. The summed E-state index contributed by atoms with van der Waals surface area (Å²) in [6.45, 7) is 0. The molecule has 0 saturated heterocycles. The molecule has 1 aromatic carbocycles. The Morgan fingerprint density at radius 1 is 1.17 bits per heavy atom. The summed E-state index contributed by atoms with van der Waals surface area (Å²) in [7, 11) is 0. The number of hydrogen-bond donors (Lipinski definition) is 1. The summed E-state index contributed by atoms with van der Waals surface area (Å²) < 4.78 is 11.2. The van der Waals surface area contributed by atoms with Crippen LogP contribution in [0.2, 0.25) is 5.02 Å². The highest BCUT2D eigenvalue weighted by molar-refractivity contribution is 9.10. The third-order valence-corrected chi connectivity index (χ3v) is 4.33. The molecule has 6 nitrogen and oxygen atoms in total. The first-order valence-corrected chi connectivity index (χ1v) is 8.53. The Morgan fingerprint density at radius 3 is 2.65 bits per heavy atom. The zero-order valence-corrected chi connectivity index (χ0v) is 14.6. The number of anilines is 1. The van der Waals surface area contributed by atoms with Crippen LogP contribution < -0.4 is 5.32 Å². The highest BCUT2D eigenvalue weighted by Crippen LogP contribution is 2.25. The summed E-state index contributed by atoms with van der Waals surface area (Å²) in [5, 5.41) is 10.8. The Labute approximate surface area is 148 Å². The van der Waals surface area contributed by atoms with Gasteiger partial charge in [-0.15, -0.1) is 16.9 Å². The maximum absolute atomic E-state index is 11.9. The summed E-state index contributed by atoms with van der Waals surface area (Å²) in [6.07, 6.45) is 0. The van der Waals surface area contributed by atoms with Gasteiger partial charge in [-0.2, -0.15) is 0 Å². The molecular weight excluding hydrogens is 406 g/mol. The number of hydrogen-bond acceptors (Lipinski definition) is 6. The van der Waals surface area contributed by atoms with Gasteiger partial charge in [-0.1, -0.05) is 16.7 Å². The topological polar surface area (TPSA) is 81.2 Å². The Bertz CT molecular complexity index is 819. The predicted octanol–water partition coefficient (Wildman–Crippen LogP) is 4.48. The molecule has 0 unspecified atom stereocenters. The zero-order valence-electron chi connectivity index (χ0n) is 11.5. The fourth-order valence-electron chi connectivity index (χ4n) is 1.64. The highest BCUT2D eigenvalue weighted by atomic mass is 79.9. The number of nitrogens with one attached hydrogen (secondary N) is 1. The van der Waals surface area contributed by atoms with Crippen molar-refractivity contribution in [3.63, 3.8) is 0 Å². The minimum Gasteiger partial charge on any atom is -0.444 e. The Morgan fingerprint density at radius 2 is 1.96 bits per heavy atom. The van der Waals surface area contributed by atoms with Gasteiger partial charge < -0.3 is 8.83 Å². The van der Waals surface area contributed by atoms with Gasteiger partial charge in [0.2, 0.25) is 5.91 Å². The molecule has 3 aromatic rings. The summed E-state index contributed by atoms with van der Waals surface area (Å²) >= 11 is 10.4.